The van der Waals surface area contributed by atoms with E-state index in [2.05, 4.69) is 55.8 Å². The first-order valence-corrected chi connectivity index (χ1v) is 12.4. The molecule has 0 bridgehead atoms. The molecule has 34 heavy (non-hydrogen) atoms. The molecule has 1 aromatic carbocycles. The summed E-state index contributed by atoms with van der Waals surface area (Å²) in [5.41, 5.74) is 3.11. The summed E-state index contributed by atoms with van der Waals surface area (Å²) in [6, 6.07) is 20.4. The molecule has 7 nitrogen and oxygen atoms in total. The molecule has 1 aliphatic rings. The Kier molecular flexibility index (Phi) is 7.09. The second kappa shape index (κ2) is 10.7. The minimum atomic E-state index is -0.148. The Hall–Kier alpha value is -3.33. The number of benzene rings is 1. The predicted octanol–water partition coefficient (Wildman–Crippen LogP) is 4.91. The zero-order chi connectivity index (χ0) is 23.2. The second-order valence-corrected chi connectivity index (χ2v) is 9.60. The number of nitrogens with zero attached hydrogens (tertiary/aromatic N) is 4. The van der Waals surface area contributed by atoms with Crippen molar-refractivity contribution < 1.29 is 5.11 Å². The number of aliphatic hydroxyl groups is 1. The van der Waals surface area contributed by atoms with Crippen molar-refractivity contribution in [2.24, 2.45) is 0 Å². The molecule has 0 spiro atoms. The molecule has 4 heterocycles. The van der Waals surface area contributed by atoms with Gasteiger partial charge in [0.1, 0.15) is 5.82 Å². The number of piperidine rings is 1. The van der Waals surface area contributed by atoms with Crippen molar-refractivity contribution in [3.63, 3.8) is 0 Å². The van der Waals surface area contributed by atoms with E-state index in [-0.39, 0.29) is 6.10 Å². The molecule has 0 aliphatic carbocycles. The van der Waals surface area contributed by atoms with Crippen LogP contribution in [0, 0.1) is 0 Å². The van der Waals surface area contributed by atoms with Gasteiger partial charge < -0.3 is 15.7 Å². The third-order valence-electron chi connectivity index (χ3n) is 5.82. The molecule has 8 heteroatoms. The van der Waals surface area contributed by atoms with E-state index in [1.54, 1.807) is 23.7 Å². The van der Waals surface area contributed by atoms with Gasteiger partial charge in [-0.15, -0.1) is 11.3 Å². The summed E-state index contributed by atoms with van der Waals surface area (Å²) in [7, 11) is 0. The maximum Gasteiger partial charge on any atom is 0.227 e. The molecule has 0 unspecified atom stereocenters. The maximum atomic E-state index is 9.73. The highest BCUT2D eigenvalue weighted by atomic mass is 32.1. The molecule has 0 amide bonds. The van der Waals surface area contributed by atoms with Crippen LogP contribution in [-0.4, -0.2) is 44.2 Å². The van der Waals surface area contributed by atoms with Crippen LogP contribution in [0.4, 0.5) is 17.5 Å². The van der Waals surface area contributed by atoms with Gasteiger partial charge >= 0.3 is 0 Å². The van der Waals surface area contributed by atoms with Crippen molar-refractivity contribution in [1.29, 1.82) is 0 Å². The lowest BCUT2D eigenvalue weighted by molar-refractivity contribution is 0.0792. The van der Waals surface area contributed by atoms with Gasteiger partial charge in [0.05, 0.1) is 23.2 Å². The van der Waals surface area contributed by atoms with Gasteiger partial charge in [-0.2, -0.15) is 0 Å². The van der Waals surface area contributed by atoms with Gasteiger partial charge in [0.2, 0.25) is 5.95 Å². The minimum absolute atomic E-state index is 0.148. The van der Waals surface area contributed by atoms with E-state index in [9.17, 15) is 5.11 Å². The number of pyridine rings is 1. The van der Waals surface area contributed by atoms with Crippen LogP contribution < -0.4 is 10.6 Å². The third-order valence-corrected chi connectivity index (χ3v) is 6.93. The van der Waals surface area contributed by atoms with Crippen LogP contribution in [0.5, 0.6) is 0 Å². The highest BCUT2D eigenvalue weighted by molar-refractivity contribution is 7.15. The molecule has 1 aliphatic heterocycles. The molecule has 1 saturated heterocycles. The largest absolute Gasteiger partial charge is 0.393 e. The zero-order valence-corrected chi connectivity index (χ0v) is 19.7. The molecular formula is C26H28N6OS. The number of aromatic nitrogens is 3. The van der Waals surface area contributed by atoms with E-state index < -0.39 is 0 Å². The Morgan fingerprint density at radius 1 is 0.971 bits per heavy atom. The van der Waals surface area contributed by atoms with Gasteiger partial charge in [-0.05, 0) is 60.9 Å². The summed E-state index contributed by atoms with van der Waals surface area (Å²) in [6.07, 6.45) is 5.13. The number of likely N-dealkylation sites (tertiary alicyclic amines) is 1. The Bertz CT molecular complexity index is 1210. The first-order valence-electron chi connectivity index (χ1n) is 11.5. The number of rotatable bonds is 8. The van der Waals surface area contributed by atoms with Crippen molar-refractivity contribution in [3.05, 3.63) is 83.5 Å². The number of hydrogen-bond acceptors (Lipinski definition) is 8. The average molecular weight is 473 g/mol. The summed E-state index contributed by atoms with van der Waals surface area (Å²) in [4.78, 5) is 18.2. The molecule has 0 saturated carbocycles. The van der Waals surface area contributed by atoms with Gasteiger partial charge in [-0.1, -0.05) is 18.2 Å². The van der Waals surface area contributed by atoms with Gasteiger partial charge in [-0.25, -0.2) is 15.0 Å². The van der Waals surface area contributed by atoms with Gasteiger partial charge in [0.25, 0.3) is 0 Å². The van der Waals surface area contributed by atoms with E-state index in [1.807, 2.05) is 30.3 Å². The zero-order valence-electron chi connectivity index (χ0n) is 18.9. The number of aliphatic hydroxyl groups excluding tert-OH is 1. The van der Waals surface area contributed by atoms with Gasteiger partial charge in [0.15, 0.2) is 0 Å². The number of hydrogen-bond donors (Lipinski definition) is 3. The first-order chi connectivity index (χ1) is 16.7. The lowest BCUT2D eigenvalue weighted by Crippen LogP contribution is -2.35. The topological polar surface area (TPSA) is 86.2 Å². The summed E-state index contributed by atoms with van der Waals surface area (Å²) in [5, 5.41) is 16.4. The smallest absolute Gasteiger partial charge is 0.227 e. The van der Waals surface area contributed by atoms with E-state index in [1.165, 1.54) is 10.4 Å². The van der Waals surface area contributed by atoms with Crippen LogP contribution >= 0.6 is 11.3 Å². The van der Waals surface area contributed by atoms with E-state index in [0.29, 0.717) is 5.95 Å². The summed E-state index contributed by atoms with van der Waals surface area (Å²) < 4.78 is 0. The Morgan fingerprint density at radius 3 is 2.74 bits per heavy atom. The van der Waals surface area contributed by atoms with Gasteiger partial charge in [0, 0.05) is 42.6 Å². The average Bonchev–Trinajstić information content (AvgIpc) is 3.35. The monoisotopic (exact) mass is 472 g/mol. The number of nitrogens with one attached hydrogen (secondary N) is 2. The fourth-order valence-electron chi connectivity index (χ4n) is 4.02. The van der Waals surface area contributed by atoms with Crippen LogP contribution in [0.3, 0.4) is 0 Å². The minimum Gasteiger partial charge on any atom is -0.393 e. The van der Waals surface area contributed by atoms with Crippen LogP contribution in [0.2, 0.25) is 0 Å². The highest BCUT2D eigenvalue weighted by Crippen LogP contribution is 2.28. The van der Waals surface area contributed by atoms with Crippen molar-refractivity contribution in [2.75, 3.05) is 23.7 Å². The summed E-state index contributed by atoms with van der Waals surface area (Å²) in [6.45, 7) is 3.47. The quantitative estimate of drug-likeness (QED) is 0.336. The predicted molar refractivity (Wildman–Crippen MR) is 137 cm³/mol. The lowest BCUT2D eigenvalue weighted by Gasteiger charge is -2.29. The fraction of sp³-hybridized carbons (Fsp3) is 0.269. The van der Waals surface area contributed by atoms with Crippen molar-refractivity contribution >= 4 is 28.8 Å². The number of thiophene rings is 1. The van der Waals surface area contributed by atoms with E-state index >= 15 is 0 Å². The highest BCUT2D eigenvalue weighted by Gasteiger charge is 2.17. The molecule has 3 aromatic heterocycles. The molecule has 5 rings (SSSR count). The standard InChI is InChI=1S/C26H28N6OS/c33-21-10-14-32(15-11-21)18-19-4-3-5-20(16-19)30-26-28-13-9-23(31-26)24-8-7-22(34-24)17-29-25-6-1-2-12-27-25/h1-9,12-13,16,21,33H,10-11,14-15,17-18H2,(H,27,29)(H,28,30,31). The van der Waals surface area contributed by atoms with Crippen LogP contribution in [0.1, 0.15) is 23.3 Å². The van der Waals surface area contributed by atoms with Crippen LogP contribution in [0.25, 0.3) is 10.6 Å². The summed E-state index contributed by atoms with van der Waals surface area (Å²) in [5.74, 6) is 1.45. The molecule has 0 atom stereocenters. The lowest BCUT2D eigenvalue weighted by atomic mass is 10.1. The Morgan fingerprint density at radius 2 is 1.88 bits per heavy atom. The normalized spacial score (nSPS) is 14.7. The van der Waals surface area contributed by atoms with Crippen molar-refractivity contribution in [2.45, 2.75) is 32.0 Å². The van der Waals surface area contributed by atoms with Crippen LogP contribution in [0.15, 0.2) is 73.1 Å². The van der Waals surface area contributed by atoms with E-state index in [0.717, 1.165) is 61.1 Å². The molecular weight excluding hydrogens is 444 g/mol. The van der Waals surface area contributed by atoms with Crippen molar-refractivity contribution in [1.82, 2.24) is 19.9 Å². The van der Waals surface area contributed by atoms with Crippen LogP contribution in [-0.2, 0) is 13.1 Å². The Balaban J connectivity index is 1.22. The Labute approximate surface area is 203 Å². The second-order valence-electron chi connectivity index (χ2n) is 8.43. The fourth-order valence-corrected chi connectivity index (χ4v) is 4.94. The number of anilines is 3. The third kappa shape index (κ3) is 5.96. The summed E-state index contributed by atoms with van der Waals surface area (Å²) >= 11 is 1.71. The maximum absolute atomic E-state index is 9.73. The molecule has 3 N–H and O–H groups in total. The first kappa shape index (κ1) is 22.5. The molecule has 0 radical (unpaired) electrons. The molecule has 174 valence electrons. The van der Waals surface area contributed by atoms with E-state index in [4.69, 9.17) is 4.98 Å². The van der Waals surface area contributed by atoms with Gasteiger partial charge in [-0.3, -0.25) is 4.90 Å². The molecule has 4 aromatic rings. The SMILES string of the molecule is OC1CCN(Cc2cccc(Nc3nccc(-c4ccc(CNc5ccccn5)s4)n3)c2)CC1. The molecule has 1 fully saturated rings. The van der Waals surface area contributed by atoms with Crippen molar-refractivity contribution in [3.8, 4) is 10.6 Å².